The van der Waals surface area contributed by atoms with Gasteiger partial charge in [0.2, 0.25) is 0 Å². The van der Waals surface area contributed by atoms with Crippen molar-refractivity contribution in [3.63, 3.8) is 0 Å². The van der Waals surface area contributed by atoms with Crippen LogP contribution in [0.3, 0.4) is 0 Å². The number of carbonyl (C=O) groups is 1. The maximum Gasteiger partial charge on any atom is 0.335 e. The van der Waals surface area contributed by atoms with E-state index in [1.54, 1.807) is 0 Å². The van der Waals surface area contributed by atoms with Gasteiger partial charge < -0.3 is 10.4 Å². The number of alkyl halides is 2. The molecule has 1 aromatic rings. The second-order valence-corrected chi connectivity index (χ2v) is 3.56. The molecule has 1 heterocycles. The Morgan fingerprint density at radius 2 is 2.24 bits per heavy atom. The molecule has 0 radical (unpaired) electrons. The van der Waals surface area contributed by atoms with E-state index in [4.69, 9.17) is 5.11 Å². The molecule has 0 aromatic carbocycles. The van der Waals surface area contributed by atoms with E-state index in [2.05, 4.69) is 10.3 Å². The van der Waals surface area contributed by atoms with Gasteiger partial charge in [0, 0.05) is 5.69 Å². The van der Waals surface area contributed by atoms with Crippen LogP contribution in [-0.2, 0) is 6.42 Å². The fraction of sp³-hybridized carbons (Fsp3) is 0.455. The molecule has 4 nitrogen and oxygen atoms in total. The van der Waals surface area contributed by atoms with E-state index < -0.39 is 18.9 Å². The molecule has 1 rings (SSSR count). The average Bonchev–Trinajstić information content (AvgIpc) is 2.26. The summed E-state index contributed by atoms with van der Waals surface area (Å²) < 4.78 is 24.0. The Kier molecular flexibility index (Phi) is 4.81. The number of aromatic carboxylic acids is 1. The van der Waals surface area contributed by atoms with Crippen molar-refractivity contribution in [3.05, 3.63) is 23.4 Å². The van der Waals surface area contributed by atoms with Gasteiger partial charge in [-0.1, -0.05) is 13.3 Å². The van der Waals surface area contributed by atoms with Crippen molar-refractivity contribution in [1.29, 1.82) is 0 Å². The summed E-state index contributed by atoms with van der Waals surface area (Å²) in [6.45, 7) is 1.39. The van der Waals surface area contributed by atoms with Gasteiger partial charge in [-0.05, 0) is 18.6 Å². The molecule has 0 unspecified atom stereocenters. The van der Waals surface area contributed by atoms with E-state index in [1.807, 2.05) is 6.92 Å². The van der Waals surface area contributed by atoms with Crippen LogP contribution in [0.2, 0.25) is 0 Å². The van der Waals surface area contributed by atoms with Crippen LogP contribution in [0.4, 0.5) is 14.6 Å². The van der Waals surface area contributed by atoms with Gasteiger partial charge in [0.25, 0.3) is 6.43 Å². The Morgan fingerprint density at radius 3 is 2.76 bits per heavy atom. The molecule has 0 aliphatic carbocycles. The minimum atomic E-state index is -2.50. The van der Waals surface area contributed by atoms with Gasteiger partial charge in [-0.2, -0.15) is 0 Å². The standard InChI is InChI=1S/C11H14F2N2O2/c1-2-3-8-4-7(11(16)17)5-10(15-8)14-6-9(12)13/h4-5,9H,2-3,6H2,1H3,(H,14,15)(H,16,17). The highest BCUT2D eigenvalue weighted by Crippen LogP contribution is 2.12. The Bertz CT molecular complexity index is 397. The van der Waals surface area contributed by atoms with Crippen LogP contribution in [0.5, 0.6) is 0 Å². The first kappa shape index (κ1) is 13.3. The van der Waals surface area contributed by atoms with E-state index >= 15 is 0 Å². The van der Waals surface area contributed by atoms with Crippen molar-refractivity contribution in [2.75, 3.05) is 11.9 Å². The van der Waals surface area contributed by atoms with E-state index in [0.717, 1.165) is 6.42 Å². The lowest BCUT2D eigenvalue weighted by Crippen LogP contribution is -2.13. The minimum Gasteiger partial charge on any atom is -0.478 e. The minimum absolute atomic E-state index is 0.0558. The molecule has 2 N–H and O–H groups in total. The Hall–Kier alpha value is -1.72. The number of carboxylic acid groups (broad SMARTS) is 1. The number of halogens is 2. The smallest absolute Gasteiger partial charge is 0.335 e. The topological polar surface area (TPSA) is 62.2 Å². The number of anilines is 1. The van der Waals surface area contributed by atoms with E-state index in [1.165, 1.54) is 12.1 Å². The van der Waals surface area contributed by atoms with Crippen LogP contribution >= 0.6 is 0 Å². The fourth-order valence-corrected chi connectivity index (χ4v) is 1.37. The molecule has 0 amide bonds. The van der Waals surface area contributed by atoms with Gasteiger partial charge in [0.05, 0.1) is 12.1 Å². The maximum absolute atomic E-state index is 12.0. The molecular formula is C11H14F2N2O2. The lowest BCUT2D eigenvalue weighted by atomic mass is 10.1. The molecule has 6 heteroatoms. The van der Waals surface area contributed by atoms with Crippen LogP contribution in [0.25, 0.3) is 0 Å². The second-order valence-electron chi connectivity index (χ2n) is 3.56. The first-order valence-electron chi connectivity index (χ1n) is 5.29. The number of nitrogens with zero attached hydrogens (tertiary/aromatic N) is 1. The number of hydrogen-bond donors (Lipinski definition) is 2. The monoisotopic (exact) mass is 244 g/mol. The van der Waals surface area contributed by atoms with E-state index in [-0.39, 0.29) is 11.4 Å². The van der Waals surface area contributed by atoms with Gasteiger partial charge >= 0.3 is 5.97 Å². The molecule has 0 spiro atoms. The third-order valence-corrected chi connectivity index (χ3v) is 2.07. The zero-order valence-electron chi connectivity index (χ0n) is 9.41. The third kappa shape index (κ3) is 4.34. The van der Waals surface area contributed by atoms with E-state index in [9.17, 15) is 13.6 Å². The van der Waals surface area contributed by atoms with Gasteiger partial charge in [0.1, 0.15) is 5.82 Å². The van der Waals surface area contributed by atoms with Crippen molar-refractivity contribution in [1.82, 2.24) is 4.98 Å². The molecule has 0 saturated carbocycles. The van der Waals surface area contributed by atoms with Crippen LogP contribution in [0, 0.1) is 0 Å². The molecule has 0 aliphatic heterocycles. The number of carboxylic acids is 1. The number of hydrogen-bond acceptors (Lipinski definition) is 3. The average molecular weight is 244 g/mol. The van der Waals surface area contributed by atoms with Crippen molar-refractivity contribution >= 4 is 11.8 Å². The Balaban J connectivity index is 2.91. The highest BCUT2D eigenvalue weighted by atomic mass is 19.3. The van der Waals surface area contributed by atoms with Crippen molar-refractivity contribution in [2.24, 2.45) is 0 Å². The Morgan fingerprint density at radius 1 is 1.53 bits per heavy atom. The number of pyridine rings is 1. The normalized spacial score (nSPS) is 10.6. The summed E-state index contributed by atoms with van der Waals surface area (Å²) in [6, 6.07) is 2.71. The number of nitrogens with one attached hydrogen (secondary N) is 1. The summed E-state index contributed by atoms with van der Waals surface area (Å²) >= 11 is 0. The molecule has 0 saturated heterocycles. The zero-order chi connectivity index (χ0) is 12.8. The SMILES string of the molecule is CCCc1cc(C(=O)O)cc(NCC(F)F)n1. The first-order chi connectivity index (χ1) is 8.02. The molecule has 0 fully saturated rings. The lowest BCUT2D eigenvalue weighted by Gasteiger charge is -2.08. The van der Waals surface area contributed by atoms with Crippen LogP contribution < -0.4 is 5.32 Å². The summed E-state index contributed by atoms with van der Waals surface area (Å²) in [4.78, 5) is 14.9. The first-order valence-corrected chi connectivity index (χ1v) is 5.29. The van der Waals surface area contributed by atoms with Crippen molar-refractivity contribution in [2.45, 2.75) is 26.2 Å². The fourth-order valence-electron chi connectivity index (χ4n) is 1.37. The molecule has 0 atom stereocenters. The maximum atomic E-state index is 12.0. The lowest BCUT2D eigenvalue weighted by molar-refractivity contribution is 0.0696. The van der Waals surface area contributed by atoms with Gasteiger partial charge in [0.15, 0.2) is 0 Å². The molecule has 0 aliphatic rings. The predicted molar refractivity (Wildman–Crippen MR) is 59.7 cm³/mol. The molecule has 0 bridgehead atoms. The number of aromatic nitrogens is 1. The van der Waals surface area contributed by atoms with E-state index in [0.29, 0.717) is 12.1 Å². The molecule has 94 valence electrons. The summed E-state index contributed by atoms with van der Waals surface area (Å²) in [5.41, 5.74) is 0.643. The molecule has 17 heavy (non-hydrogen) atoms. The van der Waals surface area contributed by atoms with Crippen molar-refractivity contribution < 1.29 is 18.7 Å². The zero-order valence-corrected chi connectivity index (χ0v) is 9.41. The highest BCUT2D eigenvalue weighted by Gasteiger charge is 2.09. The largest absolute Gasteiger partial charge is 0.478 e. The molecule has 1 aromatic heterocycles. The van der Waals surface area contributed by atoms with Gasteiger partial charge in [-0.3, -0.25) is 0 Å². The summed E-state index contributed by atoms with van der Waals surface area (Å²) in [5, 5.41) is 11.3. The third-order valence-electron chi connectivity index (χ3n) is 2.07. The second kappa shape index (κ2) is 6.12. The van der Waals surface area contributed by atoms with Crippen LogP contribution in [-0.4, -0.2) is 29.0 Å². The van der Waals surface area contributed by atoms with Crippen molar-refractivity contribution in [3.8, 4) is 0 Å². The Labute approximate surface area is 97.7 Å². The number of rotatable bonds is 6. The van der Waals surface area contributed by atoms with Gasteiger partial charge in [-0.15, -0.1) is 0 Å². The molecular weight excluding hydrogens is 230 g/mol. The van der Waals surface area contributed by atoms with Gasteiger partial charge in [-0.25, -0.2) is 18.6 Å². The van der Waals surface area contributed by atoms with Crippen LogP contribution in [0.15, 0.2) is 12.1 Å². The predicted octanol–water partition coefficient (Wildman–Crippen LogP) is 2.41. The highest BCUT2D eigenvalue weighted by molar-refractivity contribution is 5.88. The summed E-state index contributed by atoms with van der Waals surface area (Å²) in [7, 11) is 0. The summed E-state index contributed by atoms with van der Waals surface area (Å²) in [5.74, 6) is -0.918. The number of aryl methyl sites for hydroxylation is 1. The quantitative estimate of drug-likeness (QED) is 0.806. The summed E-state index contributed by atoms with van der Waals surface area (Å²) in [6.07, 6.45) is -1.07. The van der Waals surface area contributed by atoms with Crippen LogP contribution in [0.1, 0.15) is 29.4 Å².